The van der Waals surface area contributed by atoms with Crippen molar-refractivity contribution in [2.24, 2.45) is 0 Å². The van der Waals surface area contributed by atoms with Crippen LogP contribution in [0, 0.1) is 0 Å². The molecule has 2 heterocycles. The minimum absolute atomic E-state index is 0.326. The van der Waals surface area contributed by atoms with Gasteiger partial charge in [0.1, 0.15) is 10.9 Å². The summed E-state index contributed by atoms with van der Waals surface area (Å²) < 4.78 is 1.14. The summed E-state index contributed by atoms with van der Waals surface area (Å²) in [7, 11) is 0. The summed E-state index contributed by atoms with van der Waals surface area (Å²) in [6, 6.07) is 10.5. The molecule has 106 valence electrons. The number of fused-ring (bicyclic) bond motifs is 1. The first-order valence-electron chi connectivity index (χ1n) is 6.37. The van der Waals surface area contributed by atoms with E-state index >= 15 is 0 Å². The van der Waals surface area contributed by atoms with E-state index in [-0.39, 0.29) is 5.56 Å². The van der Waals surface area contributed by atoms with Crippen molar-refractivity contribution in [1.29, 1.82) is 0 Å². The minimum Gasteiger partial charge on any atom is -0.480 e. The third-order valence-electron chi connectivity index (χ3n) is 3.31. The zero-order valence-electron chi connectivity index (χ0n) is 11.2. The van der Waals surface area contributed by atoms with E-state index in [2.05, 4.69) is 4.98 Å². The van der Waals surface area contributed by atoms with Crippen LogP contribution in [0.15, 0.2) is 47.5 Å². The fraction of sp³-hybridized carbons (Fsp3) is 0.133. The Morgan fingerprint density at radius 3 is 2.71 bits per heavy atom. The van der Waals surface area contributed by atoms with Crippen molar-refractivity contribution in [2.75, 3.05) is 0 Å². The first-order chi connectivity index (χ1) is 10.1. The number of carbonyl (C=O) groups is 1. The summed E-state index contributed by atoms with van der Waals surface area (Å²) >= 11 is 1.42. The van der Waals surface area contributed by atoms with Crippen LogP contribution < -0.4 is 5.56 Å². The molecule has 1 N–H and O–H groups in total. The number of carboxylic acids is 1. The highest BCUT2D eigenvalue weighted by Crippen LogP contribution is 2.30. The van der Waals surface area contributed by atoms with Gasteiger partial charge in [0.25, 0.3) is 5.56 Å². The number of benzene rings is 1. The number of hydrogen-bond acceptors (Lipinski definition) is 4. The lowest BCUT2D eigenvalue weighted by Crippen LogP contribution is -2.27. The zero-order chi connectivity index (χ0) is 15.0. The first kappa shape index (κ1) is 13.5. The third kappa shape index (κ3) is 2.34. The molecule has 0 saturated heterocycles. The van der Waals surface area contributed by atoms with Crippen LogP contribution in [0.1, 0.15) is 13.0 Å². The molecule has 0 amide bonds. The Morgan fingerprint density at radius 2 is 2.05 bits per heavy atom. The van der Waals surface area contributed by atoms with Gasteiger partial charge in [-0.3, -0.25) is 9.36 Å². The maximum Gasteiger partial charge on any atom is 0.326 e. The summed E-state index contributed by atoms with van der Waals surface area (Å²) in [4.78, 5) is 29.2. The maximum atomic E-state index is 12.4. The topological polar surface area (TPSA) is 72.2 Å². The van der Waals surface area contributed by atoms with Crippen LogP contribution in [-0.4, -0.2) is 20.6 Å². The van der Waals surface area contributed by atoms with E-state index < -0.39 is 12.0 Å². The van der Waals surface area contributed by atoms with Crippen LogP contribution >= 0.6 is 11.3 Å². The highest BCUT2D eigenvalue weighted by Gasteiger charge is 2.17. The van der Waals surface area contributed by atoms with Crippen LogP contribution in [-0.2, 0) is 4.79 Å². The number of rotatable bonds is 3. The highest BCUT2D eigenvalue weighted by atomic mass is 32.1. The molecule has 0 unspecified atom stereocenters. The number of aromatic nitrogens is 2. The average Bonchev–Trinajstić information content (AvgIpc) is 2.93. The second kappa shape index (κ2) is 5.14. The van der Waals surface area contributed by atoms with Gasteiger partial charge in [0.05, 0.1) is 11.7 Å². The van der Waals surface area contributed by atoms with Gasteiger partial charge in [-0.25, -0.2) is 9.78 Å². The second-order valence-electron chi connectivity index (χ2n) is 4.67. The van der Waals surface area contributed by atoms with Gasteiger partial charge in [-0.05, 0) is 18.6 Å². The Labute approximate surface area is 124 Å². The summed E-state index contributed by atoms with van der Waals surface area (Å²) in [5.41, 5.74) is 0.686. The number of carboxylic acid groups (broad SMARTS) is 1. The van der Waals surface area contributed by atoms with Gasteiger partial charge in [-0.2, -0.15) is 0 Å². The molecular formula is C15H12N2O3S. The van der Waals surface area contributed by atoms with Gasteiger partial charge in [0, 0.05) is 4.88 Å². The van der Waals surface area contributed by atoms with Crippen molar-refractivity contribution < 1.29 is 9.90 Å². The van der Waals surface area contributed by atoms with E-state index in [1.54, 1.807) is 6.07 Å². The van der Waals surface area contributed by atoms with E-state index in [1.807, 2.05) is 30.3 Å². The lowest BCUT2D eigenvalue weighted by Gasteiger charge is -2.08. The lowest BCUT2D eigenvalue weighted by molar-refractivity contribution is -0.140. The average molecular weight is 300 g/mol. The molecule has 0 fully saturated rings. The van der Waals surface area contributed by atoms with Gasteiger partial charge >= 0.3 is 5.97 Å². The maximum absolute atomic E-state index is 12.4. The van der Waals surface area contributed by atoms with Crippen LogP contribution in [0.25, 0.3) is 20.7 Å². The number of thiophene rings is 1. The Bertz CT molecular complexity index is 868. The molecule has 0 aliphatic carbocycles. The van der Waals surface area contributed by atoms with E-state index in [1.165, 1.54) is 24.6 Å². The van der Waals surface area contributed by atoms with Crippen molar-refractivity contribution in [1.82, 2.24) is 9.55 Å². The molecule has 0 aliphatic rings. The molecule has 0 spiro atoms. The predicted octanol–water partition coefficient (Wildman–Crippen LogP) is 2.77. The van der Waals surface area contributed by atoms with Crippen molar-refractivity contribution >= 4 is 27.5 Å². The fourth-order valence-electron chi connectivity index (χ4n) is 2.08. The molecule has 21 heavy (non-hydrogen) atoms. The molecule has 5 nitrogen and oxygen atoms in total. The van der Waals surface area contributed by atoms with Crippen LogP contribution in [0.4, 0.5) is 0 Å². The van der Waals surface area contributed by atoms with Crippen LogP contribution in [0.2, 0.25) is 0 Å². The Morgan fingerprint density at radius 1 is 1.33 bits per heavy atom. The molecule has 3 rings (SSSR count). The fourth-order valence-corrected chi connectivity index (χ4v) is 3.07. The number of aliphatic carboxylic acids is 1. The molecule has 1 atom stereocenters. The predicted molar refractivity (Wildman–Crippen MR) is 81.7 cm³/mol. The standard InChI is InChI=1S/C15H12N2O3S/c1-9(15(19)20)17-8-16-13-11(14(17)18)7-12(21-13)10-5-3-2-4-6-10/h2-9H,1H3,(H,19,20)/t9-/m0/s1. The van der Waals surface area contributed by atoms with E-state index in [0.717, 1.165) is 15.0 Å². The van der Waals surface area contributed by atoms with E-state index in [4.69, 9.17) is 5.11 Å². The third-order valence-corrected chi connectivity index (χ3v) is 4.40. The van der Waals surface area contributed by atoms with Gasteiger partial charge < -0.3 is 5.11 Å². The van der Waals surface area contributed by atoms with Crippen molar-refractivity contribution in [3.8, 4) is 10.4 Å². The van der Waals surface area contributed by atoms with Gasteiger partial charge in [0.15, 0.2) is 0 Å². The summed E-state index contributed by atoms with van der Waals surface area (Å²) in [6.07, 6.45) is 1.30. The SMILES string of the molecule is C[C@@H](C(=O)O)n1cnc2sc(-c3ccccc3)cc2c1=O. The molecule has 2 aromatic heterocycles. The second-order valence-corrected chi connectivity index (χ2v) is 5.70. The van der Waals surface area contributed by atoms with Gasteiger partial charge in [-0.15, -0.1) is 11.3 Å². The van der Waals surface area contributed by atoms with Crippen molar-refractivity contribution in [2.45, 2.75) is 13.0 Å². The van der Waals surface area contributed by atoms with Gasteiger partial charge in [-0.1, -0.05) is 30.3 Å². The number of hydrogen-bond donors (Lipinski definition) is 1. The van der Waals surface area contributed by atoms with Crippen LogP contribution in [0.5, 0.6) is 0 Å². The molecule has 6 heteroatoms. The molecule has 0 saturated carbocycles. The monoisotopic (exact) mass is 300 g/mol. The molecule has 0 aliphatic heterocycles. The summed E-state index contributed by atoms with van der Waals surface area (Å²) in [6.45, 7) is 1.46. The quantitative estimate of drug-likeness (QED) is 0.807. The molecular weight excluding hydrogens is 288 g/mol. The van der Waals surface area contributed by atoms with Crippen LogP contribution in [0.3, 0.4) is 0 Å². The highest BCUT2D eigenvalue weighted by molar-refractivity contribution is 7.21. The minimum atomic E-state index is -1.06. The number of nitrogens with zero attached hydrogens (tertiary/aromatic N) is 2. The molecule has 3 aromatic rings. The molecule has 0 radical (unpaired) electrons. The largest absolute Gasteiger partial charge is 0.480 e. The molecule has 0 bridgehead atoms. The Hall–Kier alpha value is -2.47. The normalized spacial score (nSPS) is 12.4. The summed E-state index contributed by atoms with van der Waals surface area (Å²) in [5.74, 6) is -1.06. The van der Waals surface area contributed by atoms with E-state index in [0.29, 0.717) is 10.2 Å². The molecule has 1 aromatic carbocycles. The zero-order valence-corrected chi connectivity index (χ0v) is 12.0. The lowest BCUT2D eigenvalue weighted by atomic mass is 10.2. The van der Waals surface area contributed by atoms with E-state index in [9.17, 15) is 9.59 Å². The smallest absolute Gasteiger partial charge is 0.326 e. The summed E-state index contributed by atoms with van der Waals surface area (Å²) in [5, 5.41) is 9.48. The Balaban J connectivity index is 2.17. The van der Waals surface area contributed by atoms with Gasteiger partial charge in [0.2, 0.25) is 0 Å². The van der Waals surface area contributed by atoms with Crippen molar-refractivity contribution in [3.05, 3.63) is 53.1 Å². The van der Waals surface area contributed by atoms with Crippen molar-refractivity contribution in [3.63, 3.8) is 0 Å². The Kier molecular flexibility index (Phi) is 3.31. The first-order valence-corrected chi connectivity index (χ1v) is 7.18.